The van der Waals surface area contributed by atoms with E-state index in [0.29, 0.717) is 0 Å². The fourth-order valence-corrected chi connectivity index (χ4v) is 2.61. The van der Waals surface area contributed by atoms with Crippen LogP contribution in [0.2, 0.25) is 0 Å². The highest BCUT2D eigenvalue weighted by Crippen LogP contribution is 2.28. The molecule has 3 rings (SSSR count). The van der Waals surface area contributed by atoms with Crippen molar-refractivity contribution in [1.82, 2.24) is 15.3 Å². The van der Waals surface area contributed by atoms with Crippen LogP contribution in [-0.4, -0.2) is 42.3 Å². The van der Waals surface area contributed by atoms with E-state index in [1.54, 1.807) is 12.4 Å². The molecule has 0 unspecified atom stereocenters. The van der Waals surface area contributed by atoms with Crippen molar-refractivity contribution in [2.45, 2.75) is 20.0 Å². The predicted molar refractivity (Wildman–Crippen MR) is 88.3 cm³/mol. The second-order valence-corrected chi connectivity index (χ2v) is 5.66. The van der Waals surface area contributed by atoms with Gasteiger partial charge in [-0.15, -0.1) is 0 Å². The van der Waals surface area contributed by atoms with E-state index >= 15 is 0 Å². The van der Waals surface area contributed by atoms with Crippen LogP contribution in [-0.2, 0) is 0 Å². The lowest BCUT2D eigenvalue weighted by atomic mass is 10.1. The van der Waals surface area contributed by atoms with Crippen LogP contribution in [0.15, 0.2) is 36.7 Å². The normalized spacial score (nSPS) is 15.1. The third kappa shape index (κ3) is 3.36. The maximum Gasteiger partial charge on any atom is 0.155 e. The number of piperazine rings is 1. The third-order valence-electron chi connectivity index (χ3n) is 3.59. The topological polar surface area (TPSA) is 50.3 Å². The molecule has 1 aromatic heterocycles. The van der Waals surface area contributed by atoms with Crippen molar-refractivity contribution in [3.63, 3.8) is 0 Å². The average molecular weight is 298 g/mol. The number of rotatable bonds is 4. The van der Waals surface area contributed by atoms with Gasteiger partial charge in [-0.1, -0.05) is 0 Å². The van der Waals surface area contributed by atoms with Crippen LogP contribution >= 0.6 is 0 Å². The summed E-state index contributed by atoms with van der Waals surface area (Å²) in [5.74, 6) is 1.84. The number of nitrogens with zero attached hydrogens (tertiary/aromatic N) is 3. The van der Waals surface area contributed by atoms with Crippen LogP contribution in [0.4, 0.5) is 5.82 Å². The maximum absolute atomic E-state index is 5.70. The highest BCUT2D eigenvalue weighted by Gasteiger charge is 2.17. The molecule has 0 amide bonds. The predicted octanol–water partition coefficient (Wildman–Crippen LogP) is 2.34. The van der Waals surface area contributed by atoms with Crippen molar-refractivity contribution in [2.75, 3.05) is 31.1 Å². The number of ether oxygens (including phenoxy) is 1. The van der Waals surface area contributed by atoms with E-state index in [1.165, 1.54) is 0 Å². The van der Waals surface area contributed by atoms with Crippen LogP contribution in [0, 0.1) is 0 Å². The quantitative estimate of drug-likeness (QED) is 0.939. The molecule has 0 atom stereocenters. The van der Waals surface area contributed by atoms with E-state index in [2.05, 4.69) is 20.2 Å². The standard InChI is InChI=1S/C17H22N4O/c1-13(2)22-15-5-3-14(4-6-15)16-17(20-8-7-19-16)21-11-9-18-10-12-21/h3-8,13,18H,9-12H2,1-2H3. The van der Waals surface area contributed by atoms with Crippen molar-refractivity contribution in [3.8, 4) is 17.0 Å². The first-order valence-corrected chi connectivity index (χ1v) is 7.78. The summed E-state index contributed by atoms with van der Waals surface area (Å²) >= 11 is 0. The van der Waals surface area contributed by atoms with Gasteiger partial charge in [-0.3, -0.25) is 4.98 Å². The van der Waals surface area contributed by atoms with Crippen LogP contribution in [0.25, 0.3) is 11.3 Å². The molecule has 22 heavy (non-hydrogen) atoms. The number of anilines is 1. The summed E-state index contributed by atoms with van der Waals surface area (Å²) in [6.45, 7) is 7.94. The molecule has 0 aliphatic carbocycles. The number of aromatic nitrogens is 2. The number of benzene rings is 1. The van der Waals surface area contributed by atoms with E-state index in [4.69, 9.17) is 4.74 Å². The molecule has 1 aromatic carbocycles. The van der Waals surface area contributed by atoms with Crippen LogP contribution < -0.4 is 15.0 Å². The van der Waals surface area contributed by atoms with E-state index in [-0.39, 0.29) is 6.10 Å². The van der Waals surface area contributed by atoms with Crippen molar-refractivity contribution in [1.29, 1.82) is 0 Å². The van der Waals surface area contributed by atoms with Gasteiger partial charge in [0.1, 0.15) is 11.4 Å². The number of hydrogen-bond acceptors (Lipinski definition) is 5. The molecule has 0 bridgehead atoms. The summed E-state index contributed by atoms with van der Waals surface area (Å²) in [5, 5.41) is 3.36. The summed E-state index contributed by atoms with van der Waals surface area (Å²) in [4.78, 5) is 11.4. The smallest absolute Gasteiger partial charge is 0.155 e. The Hall–Kier alpha value is -2.14. The molecule has 116 valence electrons. The summed E-state index contributed by atoms with van der Waals surface area (Å²) in [6, 6.07) is 8.08. The van der Waals surface area contributed by atoms with Crippen molar-refractivity contribution in [3.05, 3.63) is 36.7 Å². The molecule has 0 saturated carbocycles. The van der Waals surface area contributed by atoms with Crippen LogP contribution in [0.5, 0.6) is 5.75 Å². The van der Waals surface area contributed by atoms with Crippen molar-refractivity contribution >= 4 is 5.82 Å². The minimum atomic E-state index is 0.179. The fourth-order valence-electron chi connectivity index (χ4n) is 2.61. The average Bonchev–Trinajstić information content (AvgIpc) is 2.56. The second-order valence-electron chi connectivity index (χ2n) is 5.66. The molecular formula is C17H22N4O. The van der Waals surface area contributed by atoms with Gasteiger partial charge in [0.05, 0.1) is 6.10 Å². The second kappa shape index (κ2) is 6.75. The minimum Gasteiger partial charge on any atom is -0.491 e. The largest absolute Gasteiger partial charge is 0.491 e. The Kier molecular flexibility index (Phi) is 4.53. The molecule has 1 aliphatic heterocycles. The molecule has 5 heteroatoms. The summed E-state index contributed by atoms with van der Waals surface area (Å²) < 4.78 is 5.70. The maximum atomic E-state index is 5.70. The van der Waals surface area contributed by atoms with E-state index in [9.17, 15) is 0 Å². The van der Waals surface area contributed by atoms with Gasteiger partial charge in [-0.05, 0) is 38.1 Å². The number of hydrogen-bond donors (Lipinski definition) is 1. The lowest BCUT2D eigenvalue weighted by molar-refractivity contribution is 0.242. The summed E-state index contributed by atoms with van der Waals surface area (Å²) in [6.07, 6.45) is 3.69. The fraction of sp³-hybridized carbons (Fsp3) is 0.412. The molecule has 0 radical (unpaired) electrons. The van der Waals surface area contributed by atoms with Crippen molar-refractivity contribution in [2.24, 2.45) is 0 Å². The summed E-state index contributed by atoms with van der Waals surface area (Å²) in [5.41, 5.74) is 2.00. The zero-order valence-electron chi connectivity index (χ0n) is 13.1. The molecule has 0 spiro atoms. The third-order valence-corrected chi connectivity index (χ3v) is 3.59. The molecule has 5 nitrogen and oxygen atoms in total. The Balaban J connectivity index is 1.87. The lowest BCUT2D eigenvalue weighted by Gasteiger charge is -2.29. The Morgan fingerprint density at radius 2 is 1.73 bits per heavy atom. The van der Waals surface area contributed by atoms with Gasteiger partial charge in [0.25, 0.3) is 0 Å². The molecule has 1 aliphatic rings. The van der Waals surface area contributed by atoms with E-state index in [0.717, 1.165) is 49.0 Å². The van der Waals surface area contributed by atoms with Crippen LogP contribution in [0.3, 0.4) is 0 Å². The zero-order chi connectivity index (χ0) is 15.4. The SMILES string of the molecule is CC(C)Oc1ccc(-c2nccnc2N2CCNCC2)cc1. The monoisotopic (exact) mass is 298 g/mol. The van der Waals surface area contributed by atoms with Gasteiger partial charge < -0.3 is 15.0 Å². The minimum absolute atomic E-state index is 0.179. The van der Waals surface area contributed by atoms with Gasteiger partial charge in [-0.25, -0.2) is 4.98 Å². The van der Waals surface area contributed by atoms with Crippen molar-refractivity contribution < 1.29 is 4.74 Å². The first kappa shape index (κ1) is 14.8. The Bertz CT molecular complexity index is 606. The van der Waals surface area contributed by atoms with Gasteiger partial charge >= 0.3 is 0 Å². The molecule has 1 saturated heterocycles. The highest BCUT2D eigenvalue weighted by molar-refractivity contribution is 5.72. The van der Waals surface area contributed by atoms with Gasteiger partial charge in [0, 0.05) is 44.1 Å². The van der Waals surface area contributed by atoms with E-state index in [1.807, 2.05) is 38.1 Å². The Morgan fingerprint density at radius 1 is 1.05 bits per heavy atom. The first-order chi connectivity index (χ1) is 10.7. The van der Waals surface area contributed by atoms with E-state index < -0.39 is 0 Å². The number of nitrogens with one attached hydrogen (secondary N) is 1. The highest BCUT2D eigenvalue weighted by atomic mass is 16.5. The van der Waals surface area contributed by atoms with Crippen LogP contribution in [0.1, 0.15) is 13.8 Å². The summed E-state index contributed by atoms with van der Waals surface area (Å²) in [7, 11) is 0. The molecule has 2 heterocycles. The molecule has 2 aromatic rings. The molecule has 1 fully saturated rings. The first-order valence-electron chi connectivity index (χ1n) is 7.78. The Morgan fingerprint density at radius 3 is 2.41 bits per heavy atom. The Labute approximate surface area is 131 Å². The van der Waals surface area contributed by atoms with Gasteiger partial charge in [0.15, 0.2) is 5.82 Å². The lowest BCUT2D eigenvalue weighted by Crippen LogP contribution is -2.44. The zero-order valence-corrected chi connectivity index (χ0v) is 13.1. The van der Waals surface area contributed by atoms with Gasteiger partial charge in [0.2, 0.25) is 0 Å². The molecular weight excluding hydrogens is 276 g/mol. The molecule has 1 N–H and O–H groups in total. The van der Waals surface area contributed by atoms with Gasteiger partial charge in [-0.2, -0.15) is 0 Å².